The Morgan fingerprint density at radius 3 is 2.53 bits per heavy atom. The molecule has 0 spiro atoms. The van der Waals surface area contributed by atoms with Crippen molar-refractivity contribution >= 4 is 11.3 Å². The molecule has 1 rings (SSSR count). The van der Waals surface area contributed by atoms with Crippen molar-refractivity contribution in [3.05, 3.63) is 16.6 Å². The zero-order chi connectivity index (χ0) is 11.1. The molecule has 0 radical (unpaired) electrons. The number of aromatic nitrogens is 1. The Morgan fingerprint density at radius 2 is 2.07 bits per heavy atom. The van der Waals surface area contributed by atoms with Crippen molar-refractivity contribution in [3.63, 3.8) is 0 Å². The molecule has 0 aliphatic carbocycles. The van der Waals surface area contributed by atoms with Crippen molar-refractivity contribution in [2.45, 2.75) is 46.1 Å². The minimum Gasteiger partial charge on any atom is -0.314 e. The van der Waals surface area contributed by atoms with Gasteiger partial charge >= 0.3 is 0 Å². The van der Waals surface area contributed by atoms with Gasteiger partial charge in [-0.25, -0.2) is 4.98 Å². The maximum atomic E-state index is 4.37. The SMILES string of the molecule is CCNC(Cc1nccs1)C(CC)CC. The Labute approximate surface area is 97.1 Å². The summed E-state index contributed by atoms with van der Waals surface area (Å²) >= 11 is 1.76. The van der Waals surface area contributed by atoms with Gasteiger partial charge in [-0.2, -0.15) is 0 Å². The van der Waals surface area contributed by atoms with Crippen molar-refractivity contribution in [2.24, 2.45) is 5.92 Å². The van der Waals surface area contributed by atoms with Crippen LogP contribution in [0.3, 0.4) is 0 Å². The maximum Gasteiger partial charge on any atom is 0.0940 e. The zero-order valence-electron chi connectivity index (χ0n) is 9.99. The molecular formula is C12H22N2S. The predicted molar refractivity (Wildman–Crippen MR) is 67.4 cm³/mol. The van der Waals surface area contributed by atoms with E-state index < -0.39 is 0 Å². The Bertz CT molecular complexity index is 242. The second kappa shape index (κ2) is 6.96. The first-order valence-corrected chi connectivity index (χ1v) is 6.81. The summed E-state index contributed by atoms with van der Waals surface area (Å²) < 4.78 is 0. The van der Waals surface area contributed by atoms with E-state index in [1.807, 2.05) is 6.20 Å². The quantitative estimate of drug-likeness (QED) is 0.773. The van der Waals surface area contributed by atoms with Crippen LogP contribution in [0.15, 0.2) is 11.6 Å². The lowest BCUT2D eigenvalue weighted by Crippen LogP contribution is -2.37. The Hall–Kier alpha value is -0.410. The van der Waals surface area contributed by atoms with Crippen molar-refractivity contribution in [2.75, 3.05) is 6.54 Å². The van der Waals surface area contributed by atoms with Crippen molar-refractivity contribution < 1.29 is 0 Å². The predicted octanol–water partition coefficient (Wildman–Crippen LogP) is 3.10. The molecule has 1 unspecified atom stereocenters. The lowest BCUT2D eigenvalue weighted by Gasteiger charge is -2.25. The summed E-state index contributed by atoms with van der Waals surface area (Å²) in [5, 5.41) is 6.91. The molecule has 1 aromatic rings. The number of hydrogen-bond acceptors (Lipinski definition) is 3. The van der Waals surface area contributed by atoms with Gasteiger partial charge in [0.1, 0.15) is 0 Å². The van der Waals surface area contributed by atoms with Crippen molar-refractivity contribution in [1.29, 1.82) is 0 Å². The van der Waals surface area contributed by atoms with Gasteiger partial charge in [-0.3, -0.25) is 0 Å². The number of thiazole rings is 1. The molecule has 2 nitrogen and oxygen atoms in total. The van der Waals surface area contributed by atoms with Gasteiger partial charge in [0.05, 0.1) is 5.01 Å². The van der Waals surface area contributed by atoms with Crippen LogP contribution in [0.25, 0.3) is 0 Å². The number of likely N-dealkylation sites (N-methyl/N-ethyl adjacent to an activating group) is 1. The second-order valence-electron chi connectivity index (χ2n) is 3.87. The normalized spacial score (nSPS) is 13.3. The smallest absolute Gasteiger partial charge is 0.0940 e. The number of rotatable bonds is 7. The third-order valence-corrected chi connectivity index (χ3v) is 3.76. The molecule has 1 aromatic heterocycles. The lowest BCUT2D eigenvalue weighted by atomic mass is 9.92. The summed E-state index contributed by atoms with van der Waals surface area (Å²) in [7, 11) is 0. The summed E-state index contributed by atoms with van der Waals surface area (Å²) in [5.41, 5.74) is 0. The van der Waals surface area contributed by atoms with E-state index in [0.717, 1.165) is 18.9 Å². The Morgan fingerprint density at radius 1 is 1.33 bits per heavy atom. The summed E-state index contributed by atoms with van der Waals surface area (Å²) in [5.74, 6) is 0.772. The van der Waals surface area contributed by atoms with E-state index in [4.69, 9.17) is 0 Å². The van der Waals surface area contributed by atoms with E-state index in [-0.39, 0.29) is 0 Å². The molecule has 3 heteroatoms. The van der Waals surface area contributed by atoms with Crippen LogP contribution in [0.5, 0.6) is 0 Å². The van der Waals surface area contributed by atoms with Crippen LogP contribution >= 0.6 is 11.3 Å². The monoisotopic (exact) mass is 226 g/mol. The molecule has 86 valence electrons. The molecule has 1 atom stereocenters. The van der Waals surface area contributed by atoms with Gasteiger partial charge in [-0.1, -0.05) is 33.6 Å². The van der Waals surface area contributed by atoms with Gasteiger partial charge in [-0.05, 0) is 12.5 Å². The first kappa shape index (κ1) is 12.7. The van der Waals surface area contributed by atoms with Gasteiger partial charge in [0, 0.05) is 24.0 Å². The van der Waals surface area contributed by atoms with E-state index >= 15 is 0 Å². The van der Waals surface area contributed by atoms with Crippen LogP contribution in [0.2, 0.25) is 0 Å². The largest absolute Gasteiger partial charge is 0.314 e. The summed E-state index contributed by atoms with van der Waals surface area (Å²) in [6.45, 7) is 7.78. The Kier molecular flexibility index (Phi) is 5.88. The molecule has 1 N–H and O–H groups in total. The molecule has 15 heavy (non-hydrogen) atoms. The van der Waals surface area contributed by atoms with Crippen molar-refractivity contribution in [1.82, 2.24) is 10.3 Å². The summed E-state index contributed by atoms with van der Waals surface area (Å²) in [4.78, 5) is 4.37. The molecule has 0 aliphatic heterocycles. The maximum absolute atomic E-state index is 4.37. The topological polar surface area (TPSA) is 24.9 Å². The molecule has 0 bridgehead atoms. The minimum atomic E-state index is 0.594. The molecule has 0 saturated heterocycles. The standard InChI is InChI=1S/C12H22N2S/c1-4-10(5-2)11(13-6-3)9-12-14-7-8-15-12/h7-8,10-11,13H,4-6,9H2,1-3H3. The highest BCUT2D eigenvalue weighted by molar-refractivity contribution is 7.09. The van der Waals surface area contributed by atoms with E-state index in [0.29, 0.717) is 6.04 Å². The third-order valence-electron chi connectivity index (χ3n) is 2.96. The van der Waals surface area contributed by atoms with Crippen LogP contribution in [0.1, 0.15) is 38.6 Å². The highest BCUT2D eigenvalue weighted by Crippen LogP contribution is 2.18. The number of hydrogen-bond donors (Lipinski definition) is 1. The van der Waals surface area contributed by atoms with Crippen LogP contribution in [0.4, 0.5) is 0 Å². The average molecular weight is 226 g/mol. The van der Waals surface area contributed by atoms with Gasteiger partial charge < -0.3 is 5.32 Å². The van der Waals surface area contributed by atoms with E-state index in [9.17, 15) is 0 Å². The minimum absolute atomic E-state index is 0.594. The van der Waals surface area contributed by atoms with Gasteiger partial charge in [0.25, 0.3) is 0 Å². The van der Waals surface area contributed by atoms with E-state index in [1.54, 1.807) is 11.3 Å². The molecule has 0 amide bonds. The molecule has 1 heterocycles. The zero-order valence-corrected chi connectivity index (χ0v) is 10.8. The van der Waals surface area contributed by atoms with E-state index in [1.165, 1.54) is 17.8 Å². The fourth-order valence-electron chi connectivity index (χ4n) is 2.07. The molecule has 0 aliphatic rings. The van der Waals surface area contributed by atoms with Crippen LogP contribution in [-0.4, -0.2) is 17.6 Å². The number of nitrogens with one attached hydrogen (secondary N) is 1. The summed E-state index contributed by atoms with van der Waals surface area (Å²) in [6.07, 6.45) is 5.48. The van der Waals surface area contributed by atoms with Gasteiger partial charge in [-0.15, -0.1) is 11.3 Å². The number of nitrogens with zero attached hydrogens (tertiary/aromatic N) is 1. The highest BCUT2D eigenvalue weighted by Gasteiger charge is 2.18. The van der Waals surface area contributed by atoms with Crippen molar-refractivity contribution in [3.8, 4) is 0 Å². The first-order chi connectivity index (χ1) is 7.31. The Balaban J connectivity index is 2.56. The van der Waals surface area contributed by atoms with Crippen LogP contribution in [-0.2, 0) is 6.42 Å². The average Bonchev–Trinajstić information content (AvgIpc) is 2.72. The summed E-state index contributed by atoms with van der Waals surface area (Å²) in [6, 6.07) is 0.594. The lowest BCUT2D eigenvalue weighted by molar-refractivity contribution is 0.336. The fraction of sp³-hybridized carbons (Fsp3) is 0.750. The van der Waals surface area contributed by atoms with Crippen LogP contribution < -0.4 is 5.32 Å². The molecule has 0 fully saturated rings. The fourth-order valence-corrected chi connectivity index (χ4v) is 2.74. The highest BCUT2D eigenvalue weighted by atomic mass is 32.1. The van der Waals surface area contributed by atoms with Crippen LogP contribution in [0, 0.1) is 5.92 Å². The molecule has 0 aromatic carbocycles. The second-order valence-corrected chi connectivity index (χ2v) is 4.85. The van der Waals surface area contributed by atoms with Gasteiger partial charge in [0.2, 0.25) is 0 Å². The third kappa shape index (κ3) is 3.92. The first-order valence-electron chi connectivity index (χ1n) is 5.93. The van der Waals surface area contributed by atoms with Gasteiger partial charge in [0.15, 0.2) is 0 Å². The van der Waals surface area contributed by atoms with E-state index in [2.05, 4.69) is 36.5 Å². The molecular weight excluding hydrogens is 204 g/mol. The molecule has 0 saturated carbocycles.